The van der Waals surface area contributed by atoms with Crippen LogP contribution in [-0.4, -0.2) is 16.6 Å². The lowest BCUT2D eigenvalue weighted by molar-refractivity contribution is 0.0995. The van der Waals surface area contributed by atoms with Gasteiger partial charge in [0, 0.05) is 0 Å². The number of carbonyl (C=O) groups is 1. The Morgan fingerprint density at radius 3 is 2.87 bits per heavy atom. The minimum atomic E-state index is -0.521. The first-order valence-corrected chi connectivity index (χ1v) is 5.82. The van der Waals surface area contributed by atoms with Gasteiger partial charge in [0.1, 0.15) is 10.7 Å². The fourth-order valence-electron chi connectivity index (χ4n) is 1.02. The molecule has 0 aliphatic heterocycles. The van der Waals surface area contributed by atoms with Gasteiger partial charge in [0.15, 0.2) is 0 Å². The second kappa shape index (κ2) is 5.60. The van der Waals surface area contributed by atoms with Crippen LogP contribution in [0.1, 0.15) is 30.3 Å². The molecule has 0 atom stereocenters. The molecule has 0 spiro atoms. The van der Waals surface area contributed by atoms with Crippen LogP contribution >= 0.6 is 11.8 Å². The van der Waals surface area contributed by atoms with Gasteiger partial charge in [0.25, 0.3) is 5.91 Å². The van der Waals surface area contributed by atoms with Crippen molar-refractivity contribution in [1.82, 2.24) is 4.98 Å². The predicted octanol–water partition coefficient (Wildman–Crippen LogP) is 1.65. The third kappa shape index (κ3) is 3.43. The van der Waals surface area contributed by atoms with Crippen molar-refractivity contribution in [2.24, 2.45) is 5.73 Å². The first-order chi connectivity index (χ1) is 7.15. The number of thioether (sulfide) groups is 1. The molecule has 0 bridgehead atoms. The summed E-state index contributed by atoms with van der Waals surface area (Å²) in [7, 11) is 0. The molecule has 0 aliphatic carbocycles. The fourth-order valence-corrected chi connectivity index (χ4v) is 2.04. The number of nitrogens with two attached hydrogens (primary N) is 2. The van der Waals surface area contributed by atoms with Crippen LogP contribution in [0, 0.1) is 0 Å². The first-order valence-electron chi connectivity index (χ1n) is 4.84. The lowest BCUT2D eigenvalue weighted by Crippen LogP contribution is -2.13. The molecule has 5 heteroatoms. The van der Waals surface area contributed by atoms with Crippen LogP contribution in [0.5, 0.6) is 0 Å². The number of carbonyl (C=O) groups excluding carboxylic acids is 1. The SMILES string of the molecule is CCCCSc1nc(C(N)=O)ccc1N. The molecule has 1 rings (SSSR count). The topological polar surface area (TPSA) is 82.0 Å². The Hall–Kier alpha value is -1.23. The molecule has 0 fully saturated rings. The first kappa shape index (κ1) is 11.8. The summed E-state index contributed by atoms with van der Waals surface area (Å²) in [6.45, 7) is 2.12. The van der Waals surface area contributed by atoms with Crippen LogP contribution in [0.15, 0.2) is 17.2 Å². The van der Waals surface area contributed by atoms with Crippen molar-refractivity contribution in [1.29, 1.82) is 0 Å². The Morgan fingerprint density at radius 2 is 2.27 bits per heavy atom. The molecule has 4 nitrogen and oxygen atoms in total. The van der Waals surface area contributed by atoms with Gasteiger partial charge < -0.3 is 11.5 Å². The van der Waals surface area contributed by atoms with Crippen LogP contribution < -0.4 is 11.5 Å². The zero-order valence-corrected chi connectivity index (χ0v) is 9.51. The zero-order valence-electron chi connectivity index (χ0n) is 8.69. The number of unbranched alkanes of at least 4 members (excludes halogenated alkanes) is 1. The van der Waals surface area contributed by atoms with Crippen molar-refractivity contribution in [2.75, 3.05) is 11.5 Å². The lowest BCUT2D eigenvalue weighted by atomic mass is 10.3. The molecule has 0 aliphatic rings. The van der Waals surface area contributed by atoms with Gasteiger partial charge >= 0.3 is 0 Å². The van der Waals surface area contributed by atoms with E-state index in [1.54, 1.807) is 23.9 Å². The Morgan fingerprint density at radius 1 is 1.53 bits per heavy atom. The van der Waals surface area contributed by atoms with Crippen LogP contribution in [0.2, 0.25) is 0 Å². The molecule has 0 saturated heterocycles. The largest absolute Gasteiger partial charge is 0.397 e. The van der Waals surface area contributed by atoms with Crippen LogP contribution in [0.4, 0.5) is 5.69 Å². The van der Waals surface area contributed by atoms with Crippen molar-refractivity contribution in [3.8, 4) is 0 Å². The van der Waals surface area contributed by atoms with E-state index in [0.717, 1.165) is 18.6 Å². The summed E-state index contributed by atoms with van der Waals surface area (Å²) in [5.41, 5.74) is 11.7. The normalized spacial score (nSPS) is 10.2. The molecule has 1 aromatic heterocycles. The van der Waals surface area contributed by atoms with Gasteiger partial charge in [-0.3, -0.25) is 4.79 Å². The molecule has 0 radical (unpaired) electrons. The lowest BCUT2D eigenvalue weighted by Gasteiger charge is -2.04. The number of hydrogen-bond acceptors (Lipinski definition) is 4. The molecule has 0 aromatic carbocycles. The molecule has 0 unspecified atom stereocenters. The molecule has 0 saturated carbocycles. The smallest absolute Gasteiger partial charge is 0.267 e. The number of rotatable bonds is 5. The molecule has 1 amide bonds. The van der Waals surface area contributed by atoms with E-state index in [0.29, 0.717) is 10.7 Å². The minimum absolute atomic E-state index is 0.267. The van der Waals surface area contributed by atoms with E-state index in [1.807, 2.05) is 0 Å². The maximum atomic E-state index is 10.9. The summed E-state index contributed by atoms with van der Waals surface area (Å²) in [6.07, 6.45) is 2.23. The van der Waals surface area contributed by atoms with E-state index < -0.39 is 5.91 Å². The fraction of sp³-hybridized carbons (Fsp3) is 0.400. The third-order valence-electron chi connectivity index (χ3n) is 1.88. The second-order valence-corrected chi connectivity index (χ2v) is 4.24. The number of hydrogen-bond donors (Lipinski definition) is 2. The van der Waals surface area contributed by atoms with Gasteiger partial charge in [0.05, 0.1) is 5.69 Å². The van der Waals surface area contributed by atoms with Crippen LogP contribution in [0.25, 0.3) is 0 Å². The number of nitrogens with zero attached hydrogens (tertiary/aromatic N) is 1. The predicted molar refractivity (Wildman–Crippen MR) is 62.8 cm³/mol. The summed E-state index contributed by atoms with van der Waals surface area (Å²) >= 11 is 1.56. The maximum Gasteiger partial charge on any atom is 0.267 e. The van der Waals surface area contributed by atoms with Crippen LogP contribution in [-0.2, 0) is 0 Å². The van der Waals surface area contributed by atoms with E-state index in [1.165, 1.54) is 0 Å². The average Bonchev–Trinajstić information content (AvgIpc) is 2.20. The number of pyridine rings is 1. The van der Waals surface area contributed by atoms with Crippen LogP contribution in [0.3, 0.4) is 0 Å². The van der Waals surface area contributed by atoms with E-state index in [-0.39, 0.29) is 5.69 Å². The van der Waals surface area contributed by atoms with Gasteiger partial charge in [-0.25, -0.2) is 4.98 Å². The van der Waals surface area contributed by atoms with Crippen molar-refractivity contribution in [2.45, 2.75) is 24.8 Å². The molecular weight excluding hydrogens is 210 g/mol. The van der Waals surface area contributed by atoms with Crippen molar-refractivity contribution in [3.63, 3.8) is 0 Å². The number of primary amides is 1. The Bertz CT molecular complexity index is 355. The molecule has 1 heterocycles. The van der Waals surface area contributed by atoms with Gasteiger partial charge in [-0.2, -0.15) is 0 Å². The van der Waals surface area contributed by atoms with E-state index >= 15 is 0 Å². The zero-order chi connectivity index (χ0) is 11.3. The Kier molecular flexibility index (Phi) is 4.42. The Labute approximate surface area is 93.4 Å². The number of amides is 1. The van der Waals surface area contributed by atoms with Crippen molar-refractivity contribution < 1.29 is 4.79 Å². The summed E-state index contributed by atoms with van der Waals surface area (Å²) in [5, 5.41) is 0.694. The van der Waals surface area contributed by atoms with E-state index in [4.69, 9.17) is 11.5 Å². The van der Waals surface area contributed by atoms with Gasteiger partial charge in [-0.1, -0.05) is 13.3 Å². The number of anilines is 1. The quantitative estimate of drug-likeness (QED) is 0.589. The number of nitrogen functional groups attached to an aromatic ring is 1. The highest BCUT2D eigenvalue weighted by Gasteiger charge is 2.07. The monoisotopic (exact) mass is 225 g/mol. The minimum Gasteiger partial charge on any atom is -0.397 e. The molecule has 82 valence electrons. The van der Waals surface area contributed by atoms with Gasteiger partial charge in [0.2, 0.25) is 0 Å². The highest BCUT2D eigenvalue weighted by Crippen LogP contribution is 2.23. The third-order valence-corrected chi connectivity index (χ3v) is 2.97. The summed E-state index contributed by atoms with van der Waals surface area (Å²) in [5.74, 6) is 0.433. The molecule has 4 N–H and O–H groups in total. The van der Waals surface area contributed by atoms with E-state index in [2.05, 4.69) is 11.9 Å². The van der Waals surface area contributed by atoms with Crippen molar-refractivity contribution in [3.05, 3.63) is 17.8 Å². The summed E-state index contributed by atoms with van der Waals surface area (Å²) < 4.78 is 0. The Balaban J connectivity index is 2.76. The molecule has 15 heavy (non-hydrogen) atoms. The highest BCUT2D eigenvalue weighted by atomic mass is 32.2. The van der Waals surface area contributed by atoms with E-state index in [9.17, 15) is 4.79 Å². The highest BCUT2D eigenvalue weighted by molar-refractivity contribution is 7.99. The average molecular weight is 225 g/mol. The number of aromatic nitrogens is 1. The van der Waals surface area contributed by atoms with Gasteiger partial charge in [-0.15, -0.1) is 11.8 Å². The second-order valence-electron chi connectivity index (χ2n) is 3.16. The summed E-state index contributed by atoms with van der Waals surface area (Å²) in [4.78, 5) is 15.0. The standard InChI is InChI=1S/C10H15N3OS/c1-2-3-6-15-10-7(11)4-5-8(13-10)9(12)14/h4-5H,2-3,6,11H2,1H3,(H2,12,14). The van der Waals surface area contributed by atoms with Gasteiger partial charge in [-0.05, 0) is 24.3 Å². The maximum absolute atomic E-state index is 10.9. The van der Waals surface area contributed by atoms with Crippen molar-refractivity contribution >= 4 is 23.4 Å². The molecular formula is C10H15N3OS. The molecule has 1 aromatic rings. The summed E-state index contributed by atoms with van der Waals surface area (Å²) in [6, 6.07) is 3.21.